The van der Waals surface area contributed by atoms with Crippen LogP contribution in [-0.4, -0.2) is 9.97 Å². The van der Waals surface area contributed by atoms with E-state index in [1.54, 1.807) is 0 Å². The summed E-state index contributed by atoms with van der Waals surface area (Å²) in [7, 11) is 0. The van der Waals surface area contributed by atoms with Crippen molar-refractivity contribution >= 4 is 21.7 Å². The third-order valence-corrected chi connectivity index (χ3v) is 3.54. The van der Waals surface area contributed by atoms with Crippen LogP contribution in [0, 0.1) is 6.92 Å². The first-order chi connectivity index (χ1) is 8.49. The van der Waals surface area contributed by atoms with Gasteiger partial charge in [-0.1, -0.05) is 37.6 Å². The molecule has 2 N–H and O–H groups in total. The number of nitrogens with zero attached hydrogens (tertiary/aromatic N) is 2. The van der Waals surface area contributed by atoms with E-state index in [1.807, 2.05) is 12.1 Å². The van der Waals surface area contributed by atoms with Crippen LogP contribution < -0.4 is 5.73 Å². The number of anilines is 1. The molecule has 0 spiro atoms. The lowest BCUT2D eigenvalue weighted by atomic mass is 10.1. The van der Waals surface area contributed by atoms with Gasteiger partial charge >= 0.3 is 0 Å². The van der Waals surface area contributed by atoms with Crippen molar-refractivity contribution in [1.29, 1.82) is 0 Å². The van der Waals surface area contributed by atoms with Crippen LogP contribution in [0.3, 0.4) is 0 Å². The first-order valence-electron chi connectivity index (χ1n) is 5.89. The van der Waals surface area contributed by atoms with Gasteiger partial charge in [-0.2, -0.15) is 0 Å². The van der Waals surface area contributed by atoms with Crippen molar-refractivity contribution in [3.05, 3.63) is 40.0 Å². The van der Waals surface area contributed by atoms with E-state index in [9.17, 15) is 0 Å². The molecule has 4 heteroatoms. The number of halogens is 1. The minimum Gasteiger partial charge on any atom is -0.383 e. The molecule has 2 rings (SSSR count). The normalized spacial score (nSPS) is 10.9. The van der Waals surface area contributed by atoms with Gasteiger partial charge in [-0.05, 0) is 34.8 Å². The van der Waals surface area contributed by atoms with Crippen molar-refractivity contribution in [2.45, 2.75) is 26.7 Å². The summed E-state index contributed by atoms with van der Waals surface area (Å²) in [4.78, 5) is 8.95. The summed E-state index contributed by atoms with van der Waals surface area (Å²) in [5.41, 5.74) is 9.06. The highest BCUT2D eigenvalue weighted by atomic mass is 79.9. The molecule has 0 unspecified atom stereocenters. The smallest absolute Gasteiger partial charge is 0.161 e. The zero-order chi connectivity index (χ0) is 13.3. The Morgan fingerprint density at radius 3 is 2.56 bits per heavy atom. The fourth-order valence-corrected chi connectivity index (χ4v) is 2.41. The Morgan fingerprint density at radius 2 is 1.94 bits per heavy atom. The van der Waals surface area contributed by atoms with Crippen LogP contribution in [0.1, 0.15) is 31.0 Å². The summed E-state index contributed by atoms with van der Waals surface area (Å²) in [5.74, 6) is 1.47. The zero-order valence-corrected chi connectivity index (χ0v) is 12.3. The van der Waals surface area contributed by atoms with Gasteiger partial charge in [0, 0.05) is 5.56 Å². The topological polar surface area (TPSA) is 51.8 Å². The van der Waals surface area contributed by atoms with Crippen LogP contribution in [-0.2, 0) is 0 Å². The van der Waals surface area contributed by atoms with E-state index in [0.29, 0.717) is 17.6 Å². The molecule has 0 fully saturated rings. The lowest BCUT2D eigenvalue weighted by Crippen LogP contribution is -2.04. The average molecular weight is 306 g/mol. The number of hydrogen-bond donors (Lipinski definition) is 1. The summed E-state index contributed by atoms with van der Waals surface area (Å²) in [6, 6.07) is 8.11. The molecule has 1 aromatic heterocycles. The number of hydrogen-bond acceptors (Lipinski definition) is 3. The molecule has 0 bridgehead atoms. The highest BCUT2D eigenvalue weighted by Crippen LogP contribution is 2.29. The van der Waals surface area contributed by atoms with Gasteiger partial charge in [0.2, 0.25) is 0 Å². The predicted molar refractivity (Wildman–Crippen MR) is 78.4 cm³/mol. The minimum absolute atomic E-state index is 0.299. The summed E-state index contributed by atoms with van der Waals surface area (Å²) in [5, 5.41) is 0. The lowest BCUT2D eigenvalue weighted by Gasteiger charge is -2.11. The van der Waals surface area contributed by atoms with Gasteiger partial charge < -0.3 is 5.73 Å². The molecule has 0 amide bonds. The molecule has 0 aliphatic carbocycles. The number of nitrogens with two attached hydrogens (primary N) is 1. The van der Waals surface area contributed by atoms with E-state index in [2.05, 4.69) is 58.8 Å². The molecule has 0 atom stereocenters. The minimum atomic E-state index is 0.299. The lowest BCUT2D eigenvalue weighted by molar-refractivity contribution is 0.811. The van der Waals surface area contributed by atoms with Crippen molar-refractivity contribution in [1.82, 2.24) is 9.97 Å². The Balaban J connectivity index is 2.59. The van der Waals surface area contributed by atoms with Crippen LogP contribution in [0.15, 0.2) is 28.7 Å². The Hall–Kier alpha value is -1.42. The average Bonchev–Trinajstić information content (AvgIpc) is 2.32. The predicted octanol–water partition coefficient (Wildman–Crippen LogP) is 3.92. The van der Waals surface area contributed by atoms with E-state index < -0.39 is 0 Å². The molecule has 94 valence electrons. The second kappa shape index (κ2) is 5.06. The first kappa shape index (κ1) is 13.0. The van der Waals surface area contributed by atoms with Gasteiger partial charge in [-0.15, -0.1) is 0 Å². The van der Waals surface area contributed by atoms with Crippen molar-refractivity contribution in [3.63, 3.8) is 0 Å². The molecule has 0 saturated heterocycles. The Kier molecular flexibility index (Phi) is 3.66. The van der Waals surface area contributed by atoms with Crippen molar-refractivity contribution in [2.24, 2.45) is 0 Å². The number of benzene rings is 1. The van der Waals surface area contributed by atoms with Gasteiger partial charge in [0.15, 0.2) is 5.82 Å². The van der Waals surface area contributed by atoms with Crippen LogP contribution in [0.25, 0.3) is 11.4 Å². The molecule has 0 saturated carbocycles. The summed E-state index contributed by atoms with van der Waals surface area (Å²) in [6.07, 6.45) is 0. The second-order valence-electron chi connectivity index (χ2n) is 4.66. The van der Waals surface area contributed by atoms with E-state index in [-0.39, 0.29) is 0 Å². The van der Waals surface area contributed by atoms with Crippen molar-refractivity contribution in [3.8, 4) is 11.4 Å². The fourth-order valence-electron chi connectivity index (χ4n) is 1.78. The fraction of sp³-hybridized carbons (Fsp3) is 0.286. The van der Waals surface area contributed by atoms with Crippen molar-refractivity contribution in [2.75, 3.05) is 5.73 Å². The highest BCUT2D eigenvalue weighted by Gasteiger charge is 2.14. The van der Waals surface area contributed by atoms with Crippen LogP contribution in [0.4, 0.5) is 5.82 Å². The number of nitrogen functional groups attached to an aromatic ring is 1. The Bertz CT molecular complexity index is 579. The number of aryl methyl sites for hydroxylation is 1. The zero-order valence-electron chi connectivity index (χ0n) is 10.7. The maximum atomic E-state index is 5.94. The maximum Gasteiger partial charge on any atom is 0.161 e. The summed E-state index contributed by atoms with van der Waals surface area (Å²) >= 11 is 3.45. The molecule has 3 nitrogen and oxygen atoms in total. The van der Waals surface area contributed by atoms with E-state index >= 15 is 0 Å². The quantitative estimate of drug-likeness (QED) is 0.915. The molecule has 1 aromatic carbocycles. The van der Waals surface area contributed by atoms with Gasteiger partial charge in [0.25, 0.3) is 0 Å². The molecule has 2 aromatic rings. The van der Waals surface area contributed by atoms with Gasteiger partial charge in [0.1, 0.15) is 5.82 Å². The Morgan fingerprint density at radius 1 is 1.22 bits per heavy atom. The van der Waals surface area contributed by atoms with Crippen LogP contribution in [0.5, 0.6) is 0 Å². The maximum absolute atomic E-state index is 5.94. The number of aromatic nitrogens is 2. The van der Waals surface area contributed by atoms with Gasteiger partial charge in [-0.25, -0.2) is 9.97 Å². The first-order valence-corrected chi connectivity index (χ1v) is 6.68. The van der Waals surface area contributed by atoms with Crippen LogP contribution >= 0.6 is 15.9 Å². The van der Waals surface area contributed by atoms with Crippen LogP contribution in [0.2, 0.25) is 0 Å². The largest absolute Gasteiger partial charge is 0.383 e. The highest BCUT2D eigenvalue weighted by molar-refractivity contribution is 9.10. The van der Waals surface area contributed by atoms with Gasteiger partial charge in [0.05, 0.1) is 10.2 Å². The third kappa shape index (κ3) is 2.53. The van der Waals surface area contributed by atoms with Crippen molar-refractivity contribution < 1.29 is 0 Å². The third-order valence-electron chi connectivity index (χ3n) is 2.73. The standard InChI is InChI=1S/C14H16BrN3/c1-8(2)12-11(15)13(16)18-14(17-12)10-6-4-5-9(3)7-10/h4-8H,1-3H3,(H2,16,17,18). The summed E-state index contributed by atoms with van der Waals surface area (Å²) in [6.45, 7) is 6.23. The monoisotopic (exact) mass is 305 g/mol. The Labute approximate surface area is 116 Å². The molecule has 0 radical (unpaired) electrons. The van der Waals surface area contributed by atoms with E-state index in [0.717, 1.165) is 15.7 Å². The molecular formula is C14H16BrN3. The van der Waals surface area contributed by atoms with Gasteiger partial charge in [-0.3, -0.25) is 0 Å². The molecule has 0 aliphatic heterocycles. The summed E-state index contributed by atoms with van der Waals surface area (Å²) < 4.78 is 0.800. The molecule has 1 heterocycles. The molecular weight excluding hydrogens is 290 g/mol. The van der Waals surface area contributed by atoms with E-state index in [1.165, 1.54) is 5.56 Å². The second-order valence-corrected chi connectivity index (χ2v) is 5.45. The number of rotatable bonds is 2. The SMILES string of the molecule is Cc1cccc(-c2nc(N)c(Br)c(C(C)C)n2)c1. The van der Waals surface area contributed by atoms with E-state index in [4.69, 9.17) is 5.73 Å². The molecule has 0 aliphatic rings. The molecule has 18 heavy (non-hydrogen) atoms.